The predicted octanol–water partition coefficient (Wildman–Crippen LogP) is 2.47. The molecule has 0 aliphatic carbocycles. The van der Waals surface area contributed by atoms with Crippen LogP contribution in [0.15, 0.2) is 54.9 Å². The van der Waals surface area contributed by atoms with Gasteiger partial charge in [0.15, 0.2) is 0 Å². The van der Waals surface area contributed by atoms with Crippen molar-refractivity contribution in [1.82, 2.24) is 15.2 Å². The van der Waals surface area contributed by atoms with Crippen LogP contribution in [0, 0.1) is 0 Å². The van der Waals surface area contributed by atoms with Gasteiger partial charge in [0.2, 0.25) is 0 Å². The highest BCUT2D eigenvalue weighted by Crippen LogP contribution is 2.16. The van der Waals surface area contributed by atoms with E-state index in [2.05, 4.69) is 59.6 Å². The van der Waals surface area contributed by atoms with Gasteiger partial charge in [0, 0.05) is 31.5 Å². The summed E-state index contributed by atoms with van der Waals surface area (Å²) in [6, 6.07) is 15.1. The second kappa shape index (κ2) is 7.02. The Labute approximate surface area is 115 Å². The van der Waals surface area contributed by atoms with Crippen LogP contribution >= 0.6 is 0 Å². The van der Waals surface area contributed by atoms with E-state index in [9.17, 15) is 0 Å². The van der Waals surface area contributed by atoms with Gasteiger partial charge in [-0.2, -0.15) is 0 Å². The van der Waals surface area contributed by atoms with Gasteiger partial charge in [-0.1, -0.05) is 30.3 Å². The number of hydrogen-bond acceptors (Lipinski definition) is 3. The average molecular weight is 255 g/mol. The molecule has 0 aliphatic heterocycles. The smallest absolute Gasteiger partial charge is 0.0466 e. The largest absolute Gasteiger partial charge is 0.311 e. The number of rotatable bonds is 6. The number of aromatic nitrogens is 1. The average Bonchev–Trinajstić information content (AvgIpc) is 2.45. The van der Waals surface area contributed by atoms with Crippen molar-refractivity contribution in [2.45, 2.75) is 12.6 Å². The zero-order chi connectivity index (χ0) is 13.5. The van der Waals surface area contributed by atoms with Crippen molar-refractivity contribution in [3.63, 3.8) is 0 Å². The van der Waals surface area contributed by atoms with E-state index in [4.69, 9.17) is 0 Å². The molecule has 0 spiro atoms. The molecule has 3 nitrogen and oxygen atoms in total. The molecule has 0 saturated carbocycles. The van der Waals surface area contributed by atoms with Crippen molar-refractivity contribution in [3.05, 3.63) is 66.0 Å². The summed E-state index contributed by atoms with van der Waals surface area (Å²) >= 11 is 0. The van der Waals surface area contributed by atoms with Crippen LogP contribution in [0.5, 0.6) is 0 Å². The van der Waals surface area contributed by atoms with Gasteiger partial charge in [0.25, 0.3) is 0 Å². The topological polar surface area (TPSA) is 28.2 Å². The molecule has 1 aromatic heterocycles. The lowest BCUT2D eigenvalue weighted by Crippen LogP contribution is -2.30. The first-order chi connectivity index (χ1) is 9.27. The van der Waals surface area contributed by atoms with Gasteiger partial charge in [-0.3, -0.25) is 4.98 Å². The van der Waals surface area contributed by atoms with E-state index in [1.54, 1.807) is 0 Å². The molecule has 3 heteroatoms. The van der Waals surface area contributed by atoms with Crippen LogP contribution < -0.4 is 5.32 Å². The summed E-state index contributed by atoms with van der Waals surface area (Å²) in [7, 11) is 4.23. The molecule has 19 heavy (non-hydrogen) atoms. The van der Waals surface area contributed by atoms with Gasteiger partial charge in [0.1, 0.15) is 0 Å². The number of nitrogens with zero attached hydrogens (tertiary/aromatic N) is 2. The van der Waals surface area contributed by atoms with Crippen LogP contribution in [0.3, 0.4) is 0 Å². The van der Waals surface area contributed by atoms with Crippen molar-refractivity contribution in [2.75, 3.05) is 20.6 Å². The lowest BCUT2D eigenvalue weighted by molar-refractivity contribution is 0.288. The number of hydrogen-bond donors (Lipinski definition) is 1. The molecule has 0 bridgehead atoms. The molecular weight excluding hydrogens is 234 g/mol. The van der Waals surface area contributed by atoms with Crippen LogP contribution in [0.25, 0.3) is 0 Å². The van der Waals surface area contributed by atoms with E-state index in [-0.39, 0.29) is 0 Å². The highest BCUT2D eigenvalue weighted by molar-refractivity contribution is 5.19. The minimum Gasteiger partial charge on any atom is -0.311 e. The van der Waals surface area contributed by atoms with E-state index < -0.39 is 0 Å². The molecule has 2 rings (SSSR count). The van der Waals surface area contributed by atoms with E-state index in [0.29, 0.717) is 6.04 Å². The third kappa shape index (κ3) is 4.16. The molecule has 1 heterocycles. The Hall–Kier alpha value is -1.71. The van der Waals surface area contributed by atoms with Crippen LogP contribution in [-0.2, 0) is 6.54 Å². The maximum absolute atomic E-state index is 4.03. The number of benzene rings is 1. The third-order valence-corrected chi connectivity index (χ3v) is 3.22. The molecule has 0 radical (unpaired) electrons. The van der Waals surface area contributed by atoms with Gasteiger partial charge < -0.3 is 10.2 Å². The number of likely N-dealkylation sites (N-methyl/N-ethyl adjacent to an activating group) is 1. The Kier molecular flexibility index (Phi) is 5.07. The summed E-state index contributed by atoms with van der Waals surface area (Å²) in [5.74, 6) is 0. The Morgan fingerprint density at radius 2 is 1.74 bits per heavy atom. The van der Waals surface area contributed by atoms with Crippen LogP contribution in [0.4, 0.5) is 0 Å². The predicted molar refractivity (Wildman–Crippen MR) is 78.8 cm³/mol. The first-order valence-electron chi connectivity index (χ1n) is 6.58. The van der Waals surface area contributed by atoms with Gasteiger partial charge >= 0.3 is 0 Å². The third-order valence-electron chi connectivity index (χ3n) is 3.22. The Bertz CT molecular complexity index is 468. The van der Waals surface area contributed by atoms with Crippen LogP contribution in [-0.4, -0.2) is 30.5 Å². The number of nitrogens with one attached hydrogen (secondary N) is 1. The standard InChI is InChI=1S/C16H21N3/c1-19(2)16(15-6-4-3-5-7-15)13-18-12-14-8-10-17-11-9-14/h3-11,16,18H,12-13H2,1-2H3. The van der Waals surface area contributed by atoms with Gasteiger partial charge in [0.05, 0.1) is 0 Å². The van der Waals surface area contributed by atoms with E-state index >= 15 is 0 Å². The summed E-state index contributed by atoms with van der Waals surface area (Å²) < 4.78 is 0. The molecule has 1 N–H and O–H groups in total. The highest BCUT2D eigenvalue weighted by atomic mass is 15.1. The molecule has 100 valence electrons. The van der Waals surface area contributed by atoms with Crippen LogP contribution in [0.1, 0.15) is 17.2 Å². The minimum absolute atomic E-state index is 0.392. The van der Waals surface area contributed by atoms with Crippen molar-refractivity contribution in [3.8, 4) is 0 Å². The summed E-state index contributed by atoms with van der Waals surface area (Å²) in [5.41, 5.74) is 2.61. The first-order valence-corrected chi connectivity index (χ1v) is 6.58. The van der Waals surface area contributed by atoms with Crippen molar-refractivity contribution in [2.24, 2.45) is 0 Å². The lowest BCUT2D eigenvalue weighted by atomic mass is 10.1. The summed E-state index contributed by atoms with van der Waals surface area (Å²) in [5, 5.41) is 3.51. The molecule has 0 amide bonds. The summed E-state index contributed by atoms with van der Waals surface area (Å²) in [6.45, 7) is 1.80. The summed E-state index contributed by atoms with van der Waals surface area (Å²) in [4.78, 5) is 6.27. The molecule has 1 unspecified atom stereocenters. The van der Waals surface area contributed by atoms with Crippen molar-refractivity contribution in [1.29, 1.82) is 0 Å². The second-order valence-corrected chi connectivity index (χ2v) is 4.88. The van der Waals surface area contributed by atoms with E-state index in [1.165, 1.54) is 11.1 Å². The zero-order valence-electron chi connectivity index (χ0n) is 11.6. The maximum Gasteiger partial charge on any atom is 0.0466 e. The summed E-state index contributed by atoms with van der Waals surface area (Å²) in [6.07, 6.45) is 3.66. The zero-order valence-corrected chi connectivity index (χ0v) is 11.6. The van der Waals surface area contributed by atoms with Gasteiger partial charge in [-0.25, -0.2) is 0 Å². The normalized spacial score (nSPS) is 12.6. The molecule has 0 saturated heterocycles. The molecule has 1 aromatic carbocycles. The minimum atomic E-state index is 0.392. The first kappa shape index (κ1) is 13.7. The van der Waals surface area contributed by atoms with Gasteiger partial charge in [-0.15, -0.1) is 0 Å². The Morgan fingerprint density at radius 1 is 1.05 bits per heavy atom. The molecular formula is C16H21N3. The lowest BCUT2D eigenvalue weighted by Gasteiger charge is -2.25. The van der Waals surface area contributed by atoms with E-state index in [0.717, 1.165) is 13.1 Å². The maximum atomic E-state index is 4.03. The molecule has 1 atom stereocenters. The fourth-order valence-corrected chi connectivity index (χ4v) is 2.13. The van der Waals surface area contributed by atoms with Crippen molar-refractivity contribution >= 4 is 0 Å². The SMILES string of the molecule is CN(C)C(CNCc1ccncc1)c1ccccc1. The fraction of sp³-hybridized carbons (Fsp3) is 0.312. The van der Waals surface area contributed by atoms with Gasteiger partial charge in [-0.05, 0) is 37.4 Å². The second-order valence-electron chi connectivity index (χ2n) is 4.88. The highest BCUT2D eigenvalue weighted by Gasteiger charge is 2.12. The molecule has 2 aromatic rings. The number of pyridine rings is 1. The van der Waals surface area contributed by atoms with Crippen molar-refractivity contribution < 1.29 is 0 Å². The Balaban J connectivity index is 1.92. The molecule has 0 aliphatic rings. The molecule has 0 fully saturated rings. The van der Waals surface area contributed by atoms with Crippen LogP contribution in [0.2, 0.25) is 0 Å². The fourth-order valence-electron chi connectivity index (χ4n) is 2.13. The van der Waals surface area contributed by atoms with E-state index in [1.807, 2.05) is 24.5 Å². The monoisotopic (exact) mass is 255 g/mol. The Morgan fingerprint density at radius 3 is 2.37 bits per heavy atom. The quantitative estimate of drug-likeness (QED) is 0.859.